The van der Waals surface area contributed by atoms with Gasteiger partial charge < -0.3 is 10.1 Å². The van der Waals surface area contributed by atoms with Crippen LogP contribution in [0.3, 0.4) is 0 Å². The maximum Gasteiger partial charge on any atom is 0.185 e. The SMILES string of the molecule is CC(C)C(Oc1ccc(Cl)c(Cl)c1F)C1CCNC1. The summed E-state index contributed by atoms with van der Waals surface area (Å²) in [5.74, 6) is 0.304. The van der Waals surface area contributed by atoms with Crippen molar-refractivity contribution in [3.63, 3.8) is 0 Å². The van der Waals surface area contributed by atoms with E-state index in [-0.39, 0.29) is 21.9 Å². The molecular formula is C14H18Cl2FNO. The van der Waals surface area contributed by atoms with Crippen molar-refractivity contribution in [3.05, 3.63) is 28.0 Å². The van der Waals surface area contributed by atoms with Crippen molar-refractivity contribution in [3.8, 4) is 5.75 Å². The van der Waals surface area contributed by atoms with Crippen molar-refractivity contribution in [1.29, 1.82) is 0 Å². The molecule has 5 heteroatoms. The Morgan fingerprint density at radius 3 is 2.68 bits per heavy atom. The summed E-state index contributed by atoms with van der Waals surface area (Å²) >= 11 is 11.6. The Hall–Kier alpha value is -0.510. The van der Waals surface area contributed by atoms with Gasteiger partial charge in [0, 0.05) is 12.5 Å². The fourth-order valence-electron chi connectivity index (χ4n) is 2.48. The van der Waals surface area contributed by atoms with Crippen LogP contribution in [0.15, 0.2) is 12.1 Å². The Bertz CT molecular complexity index is 447. The molecule has 19 heavy (non-hydrogen) atoms. The molecule has 1 aromatic rings. The normalized spacial score (nSPS) is 20.8. The van der Waals surface area contributed by atoms with Gasteiger partial charge in [0.1, 0.15) is 6.10 Å². The van der Waals surface area contributed by atoms with Crippen LogP contribution in [0.2, 0.25) is 10.0 Å². The van der Waals surface area contributed by atoms with Crippen LogP contribution in [0.1, 0.15) is 20.3 Å². The number of nitrogens with one attached hydrogen (secondary N) is 1. The molecule has 2 unspecified atom stereocenters. The van der Waals surface area contributed by atoms with Crippen LogP contribution in [0.25, 0.3) is 0 Å². The van der Waals surface area contributed by atoms with E-state index >= 15 is 0 Å². The molecule has 2 nitrogen and oxygen atoms in total. The van der Waals surface area contributed by atoms with Crippen molar-refractivity contribution in [2.24, 2.45) is 11.8 Å². The molecule has 1 heterocycles. The van der Waals surface area contributed by atoms with Gasteiger partial charge in [-0.3, -0.25) is 0 Å². The van der Waals surface area contributed by atoms with Crippen LogP contribution in [0, 0.1) is 17.7 Å². The Morgan fingerprint density at radius 2 is 2.11 bits per heavy atom. The van der Waals surface area contributed by atoms with Gasteiger partial charge in [0.05, 0.1) is 10.0 Å². The molecule has 0 radical (unpaired) electrons. The summed E-state index contributed by atoms with van der Waals surface area (Å²) < 4.78 is 19.9. The molecule has 2 atom stereocenters. The van der Waals surface area contributed by atoms with Gasteiger partial charge in [-0.05, 0) is 31.0 Å². The molecule has 1 fully saturated rings. The van der Waals surface area contributed by atoms with Crippen LogP contribution >= 0.6 is 23.2 Å². The second kappa shape index (κ2) is 6.29. The predicted molar refractivity (Wildman–Crippen MR) is 76.7 cm³/mol. The summed E-state index contributed by atoms with van der Waals surface area (Å²) in [7, 11) is 0. The Morgan fingerprint density at radius 1 is 1.37 bits per heavy atom. The lowest BCUT2D eigenvalue weighted by atomic mass is 9.92. The number of ether oxygens (including phenoxy) is 1. The van der Waals surface area contributed by atoms with Crippen molar-refractivity contribution in [2.75, 3.05) is 13.1 Å². The highest BCUT2D eigenvalue weighted by Crippen LogP contribution is 2.33. The Labute approximate surface area is 123 Å². The van der Waals surface area contributed by atoms with Gasteiger partial charge in [-0.15, -0.1) is 0 Å². The fourth-order valence-corrected chi connectivity index (χ4v) is 2.78. The number of hydrogen-bond donors (Lipinski definition) is 1. The van der Waals surface area contributed by atoms with Crippen molar-refractivity contribution < 1.29 is 9.13 Å². The minimum atomic E-state index is -0.578. The van der Waals surface area contributed by atoms with E-state index in [0.717, 1.165) is 19.5 Å². The standard InChI is InChI=1S/C14H18Cl2FNO/c1-8(2)14(9-5-6-18-7-9)19-11-4-3-10(15)12(16)13(11)17/h3-4,8-9,14,18H,5-7H2,1-2H3. The molecule has 2 rings (SSSR count). The van der Waals surface area contributed by atoms with Crippen molar-refractivity contribution in [1.82, 2.24) is 5.32 Å². The molecule has 1 aliphatic rings. The maximum absolute atomic E-state index is 14.0. The molecule has 0 aromatic heterocycles. The third kappa shape index (κ3) is 3.33. The van der Waals surface area contributed by atoms with E-state index in [4.69, 9.17) is 27.9 Å². The maximum atomic E-state index is 14.0. The molecule has 0 aliphatic carbocycles. The molecule has 0 spiro atoms. The largest absolute Gasteiger partial charge is 0.487 e. The summed E-state index contributed by atoms with van der Waals surface area (Å²) in [5.41, 5.74) is 0. The first kappa shape index (κ1) is 14.9. The van der Waals surface area contributed by atoms with Crippen LogP contribution in [-0.4, -0.2) is 19.2 Å². The number of halogens is 3. The average Bonchev–Trinajstić information content (AvgIpc) is 2.88. The van der Waals surface area contributed by atoms with E-state index in [9.17, 15) is 4.39 Å². The molecule has 0 saturated carbocycles. The molecule has 1 N–H and O–H groups in total. The third-order valence-electron chi connectivity index (χ3n) is 3.48. The number of rotatable bonds is 4. The van der Waals surface area contributed by atoms with Crippen molar-refractivity contribution in [2.45, 2.75) is 26.4 Å². The van der Waals surface area contributed by atoms with Crippen LogP contribution < -0.4 is 10.1 Å². The highest BCUT2D eigenvalue weighted by molar-refractivity contribution is 6.42. The average molecular weight is 306 g/mol. The molecule has 0 amide bonds. The lowest BCUT2D eigenvalue weighted by Gasteiger charge is -2.28. The van der Waals surface area contributed by atoms with Gasteiger partial charge in [0.15, 0.2) is 11.6 Å². The van der Waals surface area contributed by atoms with E-state index in [1.807, 2.05) is 0 Å². The van der Waals surface area contributed by atoms with E-state index in [1.165, 1.54) is 0 Å². The zero-order chi connectivity index (χ0) is 14.0. The zero-order valence-electron chi connectivity index (χ0n) is 11.1. The van der Waals surface area contributed by atoms with E-state index < -0.39 is 5.82 Å². The molecule has 1 aromatic carbocycles. The van der Waals surface area contributed by atoms with E-state index in [0.29, 0.717) is 11.8 Å². The quantitative estimate of drug-likeness (QED) is 0.844. The first-order chi connectivity index (χ1) is 9.00. The smallest absolute Gasteiger partial charge is 0.185 e. The first-order valence-corrected chi connectivity index (χ1v) is 7.27. The second-order valence-corrected chi connectivity index (χ2v) is 6.04. The van der Waals surface area contributed by atoms with Gasteiger partial charge in [-0.2, -0.15) is 0 Å². The Balaban J connectivity index is 2.19. The highest BCUT2D eigenvalue weighted by atomic mass is 35.5. The monoisotopic (exact) mass is 305 g/mol. The molecule has 106 valence electrons. The minimum Gasteiger partial charge on any atom is -0.487 e. The summed E-state index contributed by atoms with van der Waals surface area (Å²) in [6.07, 6.45) is 1.02. The van der Waals surface area contributed by atoms with Gasteiger partial charge in [0.25, 0.3) is 0 Å². The van der Waals surface area contributed by atoms with Gasteiger partial charge >= 0.3 is 0 Å². The van der Waals surface area contributed by atoms with Crippen LogP contribution in [-0.2, 0) is 0 Å². The minimum absolute atomic E-state index is 0.0262. The summed E-state index contributed by atoms with van der Waals surface area (Å²) in [5, 5.41) is 3.43. The van der Waals surface area contributed by atoms with Crippen molar-refractivity contribution >= 4 is 23.2 Å². The Kier molecular flexibility index (Phi) is 4.93. The lowest BCUT2D eigenvalue weighted by molar-refractivity contribution is 0.0928. The molecular weight excluding hydrogens is 288 g/mol. The summed E-state index contributed by atoms with van der Waals surface area (Å²) in [6, 6.07) is 3.11. The fraction of sp³-hybridized carbons (Fsp3) is 0.571. The van der Waals surface area contributed by atoms with Crippen LogP contribution in [0.4, 0.5) is 4.39 Å². The second-order valence-electron chi connectivity index (χ2n) is 5.25. The topological polar surface area (TPSA) is 21.3 Å². The number of hydrogen-bond acceptors (Lipinski definition) is 2. The first-order valence-electron chi connectivity index (χ1n) is 6.51. The van der Waals surface area contributed by atoms with E-state index in [1.54, 1.807) is 12.1 Å². The summed E-state index contributed by atoms with van der Waals surface area (Å²) in [6.45, 7) is 6.06. The molecule has 0 bridgehead atoms. The van der Waals surface area contributed by atoms with Gasteiger partial charge in [-0.25, -0.2) is 4.39 Å². The predicted octanol–water partition coefficient (Wildman–Crippen LogP) is 4.15. The third-order valence-corrected chi connectivity index (χ3v) is 4.26. The molecule has 1 saturated heterocycles. The van der Waals surface area contributed by atoms with Gasteiger partial charge in [0.2, 0.25) is 0 Å². The van der Waals surface area contributed by atoms with Crippen LogP contribution in [0.5, 0.6) is 5.75 Å². The lowest BCUT2D eigenvalue weighted by Crippen LogP contribution is -2.33. The molecule has 1 aliphatic heterocycles. The highest BCUT2D eigenvalue weighted by Gasteiger charge is 2.30. The number of benzene rings is 1. The zero-order valence-corrected chi connectivity index (χ0v) is 12.6. The van der Waals surface area contributed by atoms with E-state index in [2.05, 4.69) is 19.2 Å². The van der Waals surface area contributed by atoms with Gasteiger partial charge in [-0.1, -0.05) is 37.0 Å². The summed E-state index contributed by atoms with van der Waals surface area (Å²) in [4.78, 5) is 0.